The third-order valence-corrected chi connectivity index (χ3v) is 5.56. The number of unbranched alkanes of at least 4 members (excludes halogenated alkanes) is 5. The SMILES string of the molecule is CCCCCCOc1ccc(/C=C2/C(=O)N(CCCCC)C(=O)C(C#N)=C2C)cc1OC. The van der Waals surface area contributed by atoms with Crippen LogP contribution >= 0.6 is 0 Å². The molecule has 6 heteroatoms. The summed E-state index contributed by atoms with van der Waals surface area (Å²) < 4.78 is 11.3. The van der Waals surface area contributed by atoms with Crippen LogP contribution in [0.5, 0.6) is 11.5 Å². The Kier molecular flexibility index (Phi) is 10.0. The molecule has 0 saturated carbocycles. The minimum absolute atomic E-state index is 0.0198. The zero-order valence-corrected chi connectivity index (χ0v) is 19.7. The van der Waals surface area contributed by atoms with Gasteiger partial charge in [-0.15, -0.1) is 0 Å². The summed E-state index contributed by atoms with van der Waals surface area (Å²) in [6, 6.07) is 7.46. The van der Waals surface area contributed by atoms with Crippen LogP contribution in [0.1, 0.15) is 71.3 Å². The van der Waals surface area contributed by atoms with Crippen LogP contribution < -0.4 is 9.47 Å². The second kappa shape index (κ2) is 12.7. The second-order valence-corrected chi connectivity index (χ2v) is 7.96. The molecule has 1 aromatic rings. The van der Waals surface area contributed by atoms with E-state index in [1.165, 1.54) is 17.7 Å². The number of imide groups is 1. The number of methoxy groups -OCH3 is 1. The largest absolute Gasteiger partial charge is 0.493 e. The minimum Gasteiger partial charge on any atom is -0.493 e. The summed E-state index contributed by atoms with van der Waals surface area (Å²) in [5.41, 5.74) is 1.52. The van der Waals surface area contributed by atoms with Crippen molar-refractivity contribution in [3.8, 4) is 17.6 Å². The van der Waals surface area contributed by atoms with Crippen LogP contribution in [0.25, 0.3) is 6.08 Å². The zero-order valence-electron chi connectivity index (χ0n) is 19.7. The Morgan fingerprint density at radius 2 is 1.72 bits per heavy atom. The number of amides is 2. The summed E-state index contributed by atoms with van der Waals surface area (Å²) in [6.45, 7) is 6.81. The highest BCUT2D eigenvalue weighted by molar-refractivity contribution is 6.19. The molecule has 2 amide bonds. The Balaban J connectivity index is 2.29. The van der Waals surface area contributed by atoms with Crippen LogP contribution in [-0.4, -0.2) is 37.0 Å². The van der Waals surface area contributed by atoms with Crippen molar-refractivity contribution in [2.75, 3.05) is 20.3 Å². The number of hydrogen-bond acceptors (Lipinski definition) is 5. The normalized spacial score (nSPS) is 15.3. The maximum atomic E-state index is 13.1. The number of nitrogens with zero attached hydrogens (tertiary/aromatic N) is 2. The average molecular weight is 439 g/mol. The fourth-order valence-corrected chi connectivity index (χ4v) is 3.62. The van der Waals surface area contributed by atoms with Gasteiger partial charge in [-0.05, 0) is 49.1 Å². The van der Waals surface area contributed by atoms with E-state index >= 15 is 0 Å². The lowest BCUT2D eigenvalue weighted by Crippen LogP contribution is -2.43. The summed E-state index contributed by atoms with van der Waals surface area (Å²) in [7, 11) is 1.58. The van der Waals surface area contributed by atoms with Gasteiger partial charge >= 0.3 is 0 Å². The summed E-state index contributed by atoms with van der Waals surface area (Å²) in [5.74, 6) is 0.365. The van der Waals surface area contributed by atoms with Crippen LogP contribution in [0.4, 0.5) is 0 Å². The summed E-state index contributed by atoms with van der Waals surface area (Å²) in [6.07, 6.45) is 8.80. The van der Waals surface area contributed by atoms with Crippen LogP contribution in [0, 0.1) is 11.3 Å². The van der Waals surface area contributed by atoms with Crippen molar-refractivity contribution in [2.24, 2.45) is 0 Å². The number of rotatable bonds is 12. The number of ether oxygens (including phenoxy) is 2. The smallest absolute Gasteiger partial charge is 0.271 e. The molecule has 0 N–H and O–H groups in total. The Morgan fingerprint density at radius 1 is 1.00 bits per heavy atom. The standard InChI is InChI=1S/C26H34N2O4/c1-5-7-9-11-15-32-23-13-12-20(17-24(23)31-4)16-21-19(3)22(18-27)26(30)28(25(21)29)14-10-8-6-2/h12-13,16-17H,5-11,14-15H2,1-4H3/b21-16+. The van der Waals surface area contributed by atoms with Crippen LogP contribution in [0.2, 0.25) is 0 Å². The first-order chi connectivity index (χ1) is 15.5. The van der Waals surface area contributed by atoms with Gasteiger partial charge in [0.2, 0.25) is 0 Å². The Labute approximate surface area is 191 Å². The van der Waals surface area contributed by atoms with Gasteiger partial charge in [-0.1, -0.05) is 52.0 Å². The van der Waals surface area contributed by atoms with Crippen molar-refractivity contribution in [3.05, 3.63) is 40.5 Å². The highest BCUT2D eigenvalue weighted by Gasteiger charge is 2.35. The van der Waals surface area contributed by atoms with E-state index in [-0.39, 0.29) is 11.5 Å². The first-order valence-electron chi connectivity index (χ1n) is 11.5. The number of hydrogen-bond donors (Lipinski definition) is 0. The number of carbonyl (C=O) groups excluding carboxylic acids is 2. The van der Waals surface area contributed by atoms with Gasteiger partial charge in [0.05, 0.1) is 13.7 Å². The van der Waals surface area contributed by atoms with E-state index in [0.29, 0.717) is 35.8 Å². The molecule has 0 unspecified atom stereocenters. The molecule has 32 heavy (non-hydrogen) atoms. The maximum Gasteiger partial charge on any atom is 0.271 e. The van der Waals surface area contributed by atoms with Gasteiger partial charge in [-0.25, -0.2) is 0 Å². The van der Waals surface area contributed by atoms with Gasteiger partial charge < -0.3 is 9.47 Å². The number of carbonyl (C=O) groups is 2. The molecule has 0 fully saturated rings. The third-order valence-electron chi connectivity index (χ3n) is 5.56. The molecular formula is C26H34N2O4. The summed E-state index contributed by atoms with van der Waals surface area (Å²) >= 11 is 0. The highest BCUT2D eigenvalue weighted by atomic mass is 16.5. The van der Waals surface area contributed by atoms with E-state index in [1.807, 2.05) is 18.2 Å². The summed E-state index contributed by atoms with van der Waals surface area (Å²) in [5, 5.41) is 9.52. The van der Waals surface area contributed by atoms with E-state index in [1.54, 1.807) is 26.2 Å². The van der Waals surface area contributed by atoms with Crippen molar-refractivity contribution in [2.45, 2.75) is 65.7 Å². The molecule has 0 spiro atoms. The van der Waals surface area contributed by atoms with E-state index in [2.05, 4.69) is 13.8 Å². The Morgan fingerprint density at radius 3 is 2.38 bits per heavy atom. The van der Waals surface area contributed by atoms with Gasteiger partial charge in [0.15, 0.2) is 11.5 Å². The maximum absolute atomic E-state index is 13.1. The topological polar surface area (TPSA) is 79.6 Å². The van der Waals surface area contributed by atoms with Crippen LogP contribution in [0.15, 0.2) is 34.9 Å². The summed E-state index contributed by atoms with van der Waals surface area (Å²) in [4.78, 5) is 26.9. The Hall–Kier alpha value is -3.07. The molecule has 0 saturated heterocycles. The molecule has 6 nitrogen and oxygen atoms in total. The molecule has 0 aromatic heterocycles. The average Bonchev–Trinajstić information content (AvgIpc) is 2.79. The fraction of sp³-hybridized carbons (Fsp3) is 0.500. The molecule has 172 valence electrons. The lowest BCUT2D eigenvalue weighted by atomic mass is 9.93. The second-order valence-electron chi connectivity index (χ2n) is 7.96. The molecule has 0 bridgehead atoms. The van der Waals surface area contributed by atoms with Gasteiger partial charge in [-0.3, -0.25) is 14.5 Å². The van der Waals surface area contributed by atoms with Crippen LogP contribution in [0.3, 0.4) is 0 Å². The molecule has 0 aliphatic carbocycles. The van der Waals surface area contributed by atoms with E-state index in [4.69, 9.17) is 9.47 Å². The molecular weight excluding hydrogens is 404 g/mol. The highest BCUT2D eigenvalue weighted by Crippen LogP contribution is 2.32. The quantitative estimate of drug-likeness (QED) is 0.247. The molecule has 0 radical (unpaired) electrons. The zero-order chi connectivity index (χ0) is 23.5. The third kappa shape index (κ3) is 6.23. The molecule has 1 aromatic carbocycles. The van der Waals surface area contributed by atoms with Gasteiger partial charge in [0.25, 0.3) is 11.8 Å². The van der Waals surface area contributed by atoms with Crippen molar-refractivity contribution in [1.29, 1.82) is 5.26 Å². The minimum atomic E-state index is -0.507. The molecule has 1 heterocycles. The van der Waals surface area contributed by atoms with E-state index < -0.39 is 5.91 Å². The van der Waals surface area contributed by atoms with Crippen molar-refractivity contribution in [1.82, 2.24) is 4.90 Å². The predicted molar refractivity (Wildman–Crippen MR) is 125 cm³/mol. The van der Waals surface area contributed by atoms with Crippen molar-refractivity contribution < 1.29 is 19.1 Å². The van der Waals surface area contributed by atoms with Gasteiger partial charge in [0, 0.05) is 12.1 Å². The van der Waals surface area contributed by atoms with Crippen molar-refractivity contribution >= 4 is 17.9 Å². The molecule has 1 aliphatic heterocycles. The first kappa shape index (κ1) is 25.2. The lowest BCUT2D eigenvalue weighted by molar-refractivity contribution is -0.140. The molecule has 1 aliphatic rings. The van der Waals surface area contributed by atoms with Crippen molar-refractivity contribution in [3.63, 3.8) is 0 Å². The van der Waals surface area contributed by atoms with Gasteiger partial charge in [0.1, 0.15) is 11.6 Å². The lowest BCUT2D eigenvalue weighted by Gasteiger charge is -2.27. The fourth-order valence-electron chi connectivity index (χ4n) is 3.62. The Bertz CT molecular complexity index is 924. The number of benzene rings is 1. The predicted octanol–water partition coefficient (Wildman–Crippen LogP) is 5.44. The van der Waals surface area contributed by atoms with Gasteiger partial charge in [-0.2, -0.15) is 5.26 Å². The van der Waals surface area contributed by atoms with E-state index in [0.717, 1.165) is 37.7 Å². The monoisotopic (exact) mass is 438 g/mol. The first-order valence-corrected chi connectivity index (χ1v) is 11.5. The molecule has 0 atom stereocenters. The van der Waals surface area contributed by atoms with Crippen LogP contribution in [-0.2, 0) is 9.59 Å². The number of nitriles is 1. The molecule has 2 rings (SSSR count). The van der Waals surface area contributed by atoms with E-state index in [9.17, 15) is 14.9 Å².